The molecule has 3 nitrogen and oxygen atoms in total. The van der Waals surface area contributed by atoms with Crippen molar-refractivity contribution in [2.45, 2.75) is 64.0 Å². The Morgan fingerprint density at radius 3 is 2.35 bits per heavy atom. The first-order chi connectivity index (χ1) is 8.12. The van der Waals surface area contributed by atoms with Crippen molar-refractivity contribution in [2.75, 3.05) is 14.1 Å². The van der Waals surface area contributed by atoms with Crippen LogP contribution in [-0.2, 0) is 0 Å². The Labute approximate surface area is 106 Å². The summed E-state index contributed by atoms with van der Waals surface area (Å²) in [5.74, 6) is 5.86. The molecule has 0 bridgehead atoms. The average molecular weight is 239 g/mol. The molecule has 1 aliphatic carbocycles. The van der Waals surface area contributed by atoms with Crippen molar-refractivity contribution in [3.8, 4) is 0 Å². The average Bonchev–Trinajstić information content (AvgIpc) is 2.36. The zero-order valence-corrected chi connectivity index (χ0v) is 11.9. The second-order valence-electron chi connectivity index (χ2n) is 5.33. The smallest absolute Gasteiger partial charge is 0.0603 e. The van der Waals surface area contributed by atoms with E-state index in [0.717, 1.165) is 12.8 Å². The van der Waals surface area contributed by atoms with Crippen LogP contribution < -0.4 is 11.3 Å². The van der Waals surface area contributed by atoms with E-state index >= 15 is 0 Å². The van der Waals surface area contributed by atoms with Crippen LogP contribution in [0.2, 0.25) is 0 Å². The monoisotopic (exact) mass is 239 g/mol. The molecule has 17 heavy (non-hydrogen) atoms. The Morgan fingerprint density at radius 1 is 1.35 bits per heavy atom. The first-order valence-electron chi connectivity index (χ1n) is 6.94. The van der Waals surface area contributed by atoms with E-state index in [4.69, 9.17) is 5.84 Å². The fraction of sp³-hybridized carbons (Fsp3) is 0.857. The standard InChI is InChI=1S/C14H29N3/c1-5-14(6-2,17(3)4)13(16-15)12-10-8-7-9-11-12/h10,13,16H,5-9,11,15H2,1-4H3. The van der Waals surface area contributed by atoms with Crippen LogP contribution >= 0.6 is 0 Å². The molecule has 0 aromatic rings. The molecule has 0 aromatic heterocycles. The van der Waals surface area contributed by atoms with Crippen LogP contribution in [0.4, 0.5) is 0 Å². The van der Waals surface area contributed by atoms with Gasteiger partial charge in [-0.1, -0.05) is 25.5 Å². The number of hydrazine groups is 1. The van der Waals surface area contributed by atoms with Crippen molar-refractivity contribution in [1.29, 1.82) is 0 Å². The van der Waals surface area contributed by atoms with Crippen LogP contribution in [0.25, 0.3) is 0 Å². The van der Waals surface area contributed by atoms with E-state index < -0.39 is 0 Å². The Hall–Kier alpha value is -0.380. The molecule has 1 unspecified atom stereocenters. The fourth-order valence-electron chi connectivity index (χ4n) is 3.28. The zero-order chi connectivity index (χ0) is 12.9. The third-order valence-electron chi connectivity index (χ3n) is 4.52. The van der Waals surface area contributed by atoms with E-state index in [-0.39, 0.29) is 11.6 Å². The van der Waals surface area contributed by atoms with Crippen molar-refractivity contribution in [1.82, 2.24) is 10.3 Å². The predicted octanol–water partition coefficient (Wildman–Crippen LogP) is 2.44. The summed E-state index contributed by atoms with van der Waals surface area (Å²) in [5.41, 5.74) is 4.73. The second kappa shape index (κ2) is 6.53. The lowest BCUT2D eigenvalue weighted by atomic mass is 9.77. The number of allylic oxidation sites excluding steroid dienone is 1. The van der Waals surface area contributed by atoms with Gasteiger partial charge in [0.2, 0.25) is 0 Å². The van der Waals surface area contributed by atoms with Gasteiger partial charge in [-0.2, -0.15) is 0 Å². The Bertz CT molecular complexity index is 254. The third kappa shape index (κ3) is 2.90. The summed E-state index contributed by atoms with van der Waals surface area (Å²) >= 11 is 0. The van der Waals surface area contributed by atoms with Gasteiger partial charge >= 0.3 is 0 Å². The Morgan fingerprint density at radius 2 is 2.00 bits per heavy atom. The molecule has 0 aromatic carbocycles. The minimum Gasteiger partial charge on any atom is -0.302 e. The third-order valence-corrected chi connectivity index (χ3v) is 4.52. The van der Waals surface area contributed by atoms with E-state index in [2.05, 4.69) is 44.3 Å². The lowest BCUT2D eigenvalue weighted by Crippen LogP contribution is -2.61. The van der Waals surface area contributed by atoms with Crippen molar-refractivity contribution >= 4 is 0 Å². The van der Waals surface area contributed by atoms with Crippen molar-refractivity contribution in [2.24, 2.45) is 5.84 Å². The highest BCUT2D eigenvalue weighted by Crippen LogP contribution is 2.33. The number of likely N-dealkylation sites (N-methyl/N-ethyl adjacent to an activating group) is 1. The lowest BCUT2D eigenvalue weighted by Gasteiger charge is -2.46. The van der Waals surface area contributed by atoms with Crippen molar-refractivity contribution in [3.63, 3.8) is 0 Å². The van der Waals surface area contributed by atoms with Gasteiger partial charge in [-0.05, 0) is 52.6 Å². The zero-order valence-electron chi connectivity index (χ0n) is 11.9. The summed E-state index contributed by atoms with van der Waals surface area (Å²) in [6.45, 7) is 4.52. The van der Waals surface area contributed by atoms with Crippen LogP contribution in [0.1, 0.15) is 52.4 Å². The molecule has 0 radical (unpaired) electrons. The van der Waals surface area contributed by atoms with Gasteiger partial charge in [0.25, 0.3) is 0 Å². The summed E-state index contributed by atoms with van der Waals surface area (Å²) in [7, 11) is 4.33. The SMILES string of the molecule is CCC(CC)(C(NN)C1=CCCCC1)N(C)C. The number of nitrogens with one attached hydrogen (secondary N) is 1. The molecule has 0 aliphatic heterocycles. The van der Waals surface area contributed by atoms with Crippen molar-refractivity contribution in [3.05, 3.63) is 11.6 Å². The van der Waals surface area contributed by atoms with Crippen molar-refractivity contribution < 1.29 is 0 Å². The fourth-order valence-corrected chi connectivity index (χ4v) is 3.28. The highest BCUT2D eigenvalue weighted by Gasteiger charge is 2.39. The van der Waals surface area contributed by atoms with Gasteiger partial charge in [0.15, 0.2) is 0 Å². The van der Waals surface area contributed by atoms with Gasteiger partial charge in [0.05, 0.1) is 6.04 Å². The first-order valence-corrected chi connectivity index (χ1v) is 6.94. The van der Waals surface area contributed by atoms with Gasteiger partial charge in [0, 0.05) is 5.54 Å². The van der Waals surface area contributed by atoms with E-state index in [1.807, 2.05) is 0 Å². The molecule has 0 heterocycles. The molecule has 3 N–H and O–H groups in total. The molecule has 100 valence electrons. The molecule has 3 heteroatoms. The molecule has 0 amide bonds. The molecule has 0 saturated heterocycles. The number of nitrogens with zero attached hydrogens (tertiary/aromatic N) is 1. The molecular formula is C14H29N3. The van der Waals surface area contributed by atoms with E-state index in [1.165, 1.54) is 31.3 Å². The van der Waals surface area contributed by atoms with Crippen LogP contribution in [0.5, 0.6) is 0 Å². The minimum atomic E-state index is 0.137. The maximum absolute atomic E-state index is 5.86. The molecule has 1 rings (SSSR count). The van der Waals surface area contributed by atoms with E-state index in [9.17, 15) is 0 Å². The van der Waals surface area contributed by atoms with Gasteiger partial charge < -0.3 is 4.90 Å². The van der Waals surface area contributed by atoms with Crippen LogP contribution in [0, 0.1) is 0 Å². The van der Waals surface area contributed by atoms with Gasteiger partial charge in [-0.25, -0.2) is 0 Å². The van der Waals surface area contributed by atoms with E-state index in [1.54, 1.807) is 0 Å². The highest BCUT2D eigenvalue weighted by atomic mass is 15.3. The number of hydrogen-bond donors (Lipinski definition) is 2. The van der Waals surface area contributed by atoms with E-state index in [0.29, 0.717) is 0 Å². The summed E-state index contributed by atoms with van der Waals surface area (Å²) in [5, 5.41) is 0. The summed E-state index contributed by atoms with van der Waals surface area (Å²) < 4.78 is 0. The van der Waals surface area contributed by atoms with Crippen LogP contribution in [-0.4, -0.2) is 30.6 Å². The van der Waals surface area contributed by atoms with Gasteiger partial charge in [-0.15, -0.1) is 0 Å². The topological polar surface area (TPSA) is 41.3 Å². The quantitative estimate of drug-likeness (QED) is 0.425. The lowest BCUT2D eigenvalue weighted by molar-refractivity contribution is 0.101. The number of rotatable bonds is 6. The van der Waals surface area contributed by atoms with Gasteiger partial charge in [0.1, 0.15) is 0 Å². The summed E-state index contributed by atoms with van der Waals surface area (Å²) in [6.07, 6.45) is 9.67. The molecule has 1 atom stereocenters. The summed E-state index contributed by atoms with van der Waals surface area (Å²) in [6, 6.07) is 0.285. The molecular weight excluding hydrogens is 210 g/mol. The maximum Gasteiger partial charge on any atom is 0.0603 e. The highest BCUT2D eigenvalue weighted by molar-refractivity contribution is 5.20. The Kier molecular flexibility index (Phi) is 5.63. The minimum absolute atomic E-state index is 0.137. The number of hydrogen-bond acceptors (Lipinski definition) is 3. The predicted molar refractivity (Wildman–Crippen MR) is 74.7 cm³/mol. The largest absolute Gasteiger partial charge is 0.302 e. The van der Waals surface area contributed by atoms with Crippen LogP contribution in [0.15, 0.2) is 11.6 Å². The molecule has 0 fully saturated rings. The molecule has 0 spiro atoms. The number of nitrogens with two attached hydrogens (primary N) is 1. The Balaban J connectivity index is 2.99. The van der Waals surface area contributed by atoms with Crippen LogP contribution in [0.3, 0.4) is 0 Å². The van der Waals surface area contributed by atoms with Gasteiger partial charge in [-0.3, -0.25) is 11.3 Å². The second-order valence-corrected chi connectivity index (χ2v) is 5.33. The molecule has 0 saturated carbocycles. The summed E-state index contributed by atoms with van der Waals surface area (Å²) in [4.78, 5) is 2.34. The maximum atomic E-state index is 5.86. The normalized spacial score (nSPS) is 19.3. The molecule has 1 aliphatic rings. The first kappa shape index (κ1) is 14.7.